The van der Waals surface area contributed by atoms with E-state index in [9.17, 15) is 14.0 Å². The van der Waals surface area contributed by atoms with Crippen LogP contribution in [-0.4, -0.2) is 55.8 Å². The van der Waals surface area contributed by atoms with Gasteiger partial charge in [-0.3, -0.25) is 9.69 Å². The Morgan fingerprint density at radius 1 is 1.29 bits per heavy atom. The summed E-state index contributed by atoms with van der Waals surface area (Å²) < 4.78 is 20.0. The summed E-state index contributed by atoms with van der Waals surface area (Å²) in [4.78, 5) is 28.3. The van der Waals surface area contributed by atoms with E-state index in [0.29, 0.717) is 16.3 Å². The van der Waals surface area contributed by atoms with Crippen molar-refractivity contribution in [1.29, 1.82) is 0 Å². The number of thiophene rings is 1. The number of carbonyl (C=O) groups excluding carboxylic acids is 2. The maximum Gasteiger partial charge on any atom is 0.414 e. The lowest BCUT2D eigenvalue weighted by Gasteiger charge is -2.29. The van der Waals surface area contributed by atoms with Crippen LogP contribution < -0.4 is 15.1 Å². The molecule has 9 heteroatoms. The molecule has 0 spiro atoms. The number of thioether (sulfide) groups is 1. The van der Waals surface area contributed by atoms with Crippen molar-refractivity contribution in [3.8, 4) is 0 Å². The molecule has 2 aliphatic heterocycles. The number of cyclic esters (lactones) is 1. The minimum Gasteiger partial charge on any atom is -0.442 e. The molecule has 28 heavy (non-hydrogen) atoms. The number of nitrogens with zero attached hydrogens (tertiary/aromatic N) is 2. The fourth-order valence-corrected chi connectivity index (χ4v) is 4.81. The third-order valence-corrected chi connectivity index (χ3v) is 6.52. The molecule has 0 unspecified atom stereocenters. The number of carbonyl (C=O) groups is 2. The van der Waals surface area contributed by atoms with Crippen LogP contribution in [0.2, 0.25) is 0 Å². The molecule has 148 valence electrons. The lowest BCUT2D eigenvalue weighted by molar-refractivity contribution is 0.0920. The normalized spacial score (nSPS) is 19.6. The third-order valence-electron chi connectivity index (χ3n) is 4.70. The molecule has 0 saturated carbocycles. The van der Waals surface area contributed by atoms with E-state index < -0.39 is 12.2 Å². The van der Waals surface area contributed by atoms with Crippen LogP contribution in [0.15, 0.2) is 35.7 Å². The van der Waals surface area contributed by atoms with Crippen molar-refractivity contribution in [1.82, 2.24) is 5.32 Å². The molecule has 2 amide bonds. The number of anilines is 2. The first-order chi connectivity index (χ1) is 13.6. The number of halogens is 1. The molecule has 0 bridgehead atoms. The zero-order valence-electron chi connectivity index (χ0n) is 15.1. The standard InChI is InChI=1S/C19H20FN3O3S2/c20-15-10-13(3-4-16(15)22-5-8-27-9-6-22)23-12-14(26-19(23)25)11-21-18(24)17-2-1-7-28-17/h1-4,7,10,14H,5-6,8-9,11-12H2,(H,21,24)/t14-/m0/s1. The van der Waals surface area contributed by atoms with Crippen molar-refractivity contribution in [3.05, 3.63) is 46.4 Å². The first-order valence-corrected chi connectivity index (χ1v) is 11.1. The Morgan fingerprint density at radius 3 is 2.82 bits per heavy atom. The van der Waals surface area contributed by atoms with Gasteiger partial charge in [-0.15, -0.1) is 11.3 Å². The largest absolute Gasteiger partial charge is 0.442 e. The zero-order valence-corrected chi connectivity index (χ0v) is 16.7. The predicted octanol–water partition coefficient (Wildman–Crippen LogP) is 3.20. The van der Waals surface area contributed by atoms with Crippen LogP contribution in [-0.2, 0) is 4.74 Å². The van der Waals surface area contributed by atoms with E-state index in [1.54, 1.807) is 24.3 Å². The quantitative estimate of drug-likeness (QED) is 0.803. The van der Waals surface area contributed by atoms with Gasteiger partial charge < -0.3 is 15.0 Å². The molecule has 6 nitrogen and oxygen atoms in total. The Labute approximate surface area is 170 Å². The lowest BCUT2D eigenvalue weighted by Crippen LogP contribution is -2.34. The van der Waals surface area contributed by atoms with Gasteiger partial charge in [0.15, 0.2) is 0 Å². The van der Waals surface area contributed by atoms with Gasteiger partial charge in [0.25, 0.3) is 5.91 Å². The van der Waals surface area contributed by atoms with Crippen LogP contribution in [0, 0.1) is 5.82 Å². The van der Waals surface area contributed by atoms with Crippen LogP contribution >= 0.6 is 23.1 Å². The molecular weight excluding hydrogens is 401 g/mol. The van der Waals surface area contributed by atoms with Gasteiger partial charge in [-0.1, -0.05) is 6.07 Å². The molecule has 3 heterocycles. The molecule has 4 rings (SSSR count). The number of hydrogen-bond donors (Lipinski definition) is 1. The van der Waals surface area contributed by atoms with Crippen LogP contribution in [0.1, 0.15) is 9.67 Å². The molecule has 1 atom stereocenters. The number of amides is 2. The molecule has 0 radical (unpaired) electrons. The lowest BCUT2D eigenvalue weighted by atomic mass is 10.2. The van der Waals surface area contributed by atoms with Crippen molar-refractivity contribution in [2.75, 3.05) is 47.5 Å². The zero-order chi connectivity index (χ0) is 19.5. The van der Waals surface area contributed by atoms with Gasteiger partial charge in [0.05, 0.1) is 29.3 Å². The van der Waals surface area contributed by atoms with Crippen molar-refractivity contribution in [2.24, 2.45) is 0 Å². The Bertz CT molecular complexity index is 856. The maximum atomic E-state index is 14.6. The maximum absolute atomic E-state index is 14.6. The van der Waals surface area contributed by atoms with Crippen LogP contribution in [0.3, 0.4) is 0 Å². The molecule has 2 saturated heterocycles. The molecule has 1 aromatic heterocycles. The first kappa shape index (κ1) is 19.1. The highest BCUT2D eigenvalue weighted by atomic mass is 32.2. The summed E-state index contributed by atoms with van der Waals surface area (Å²) in [7, 11) is 0. The summed E-state index contributed by atoms with van der Waals surface area (Å²) >= 11 is 3.21. The van der Waals surface area contributed by atoms with E-state index in [1.807, 2.05) is 22.0 Å². The molecule has 1 N–H and O–H groups in total. The minimum atomic E-state index is -0.531. The number of benzene rings is 1. The molecule has 2 aliphatic rings. The molecular formula is C19H20FN3O3S2. The van der Waals surface area contributed by atoms with E-state index in [0.717, 1.165) is 24.6 Å². The van der Waals surface area contributed by atoms with Crippen molar-refractivity contribution >= 4 is 46.5 Å². The number of hydrogen-bond acceptors (Lipinski definition) is 6. The van der Waals surface area contributed by atoms with Gasteiger partial charge in [-0.25, -0.2) is 9.18 Å². The second-order valence-corrected chi connectivity index (χ2v) is 8.71. The van der Waals surface area contributed by atoms with Crippen molar-refractivity contribution in [2.45, 2.75) is 6.10 Å². The molecule has 2 fully saturated rings. The van der Waals surface area contributed by atoms with E-state index >= 15 is 0 Å². The summed E-state index contributed by atoms with van der Waals surface area (Å²) in [6, 6.07) is 8.38. The second-order valence-electron chi connectivity index (χ2n) is 6.54. The Morgan fingerprint density at radius 2 is 2.11 bits per heavy atom. The van der Waals surface area contributed by atoms with Crippen LogP contribution in [0.25, 0.3) is 0 Å². The summed E-state index contributed by atoms with van der Waals surface area (Å²) in [5.74, 6) is 1.43. The van der Waals surface area contributed by atoms with Gasteiger partial charge in [0.1, 0.15) is 11.9 Å². The molecule has 0 aliphatic carbocycles. The molecule has 1 aromatic carbocycles. The first-order valence-electron chi connectivity index (χ1n) is 9.04. The minimum absolute atomic E-state index is 0.195. The summed E-state index contributed by atoms with van der Waals surface area (Å²) in [6.45, 7) is 2.12. The summed E-state index contributed by atoms with van der Waals surface area (Å²) in [5.41, 5.74) is 1.03. The SMILES string of the molecule is O=C(NC[C@H]1CN(c2ccc(N3CCSCC3)c(F)c2)C(=O)O1)c1cccs1. The number of ether oxygens (including phenoxy) is 1. The summed E-state index contributed by atoms with van der Waals surface area (Å²) in [6.07, 6.45) is -1.00. The fourth-order valence-electron chi connectivity index (χ4n) is 3.26. The van der Waals surface area contributed by atoms with Gasteiger partial charge in [-0.2, -0.15) is 11.8 Å². The predicted molar refractivity (Wildman–Crippen MR) is 110 cm³/mol. The van der Waals surface area contributed by atoms with E-state index in [4.69, 9.17) is 4.74 Å². The Hall–Kier alpha value is -2.26. The highest BCUT2D eigenvalue weighted by molar-refractivity contribution is 7.99. The van der Waals surface area contributed by atoms with E-state index in [2.05, 4.69) is 5.32 Å². The van der Waals surface area contributed by atoms with Crippen LogP contribution in [0.5, 0.6) is 0 Å². The van der Waals surface area contributed by atoms with Crippen LogP contribution in [0.4, 0.5) is 20.6 Å². The molecule has 2 aromatic rings. The summed E-state index contributed by atoms with van der Waals surface area (Å²) in [5, 5.41) is 4.59. The average Bonchev–Trinajstić information content (AvgIpc) is 3.37. The average molecular weight is 422 g/mol. The van der Waals surface area contributed by atoms with E-state index in [1.165, 1.54) is 22.3 Å². The second kappa shape index (κ2) is 8.40. The third kappa shape index (κ3) is 4.10. The van der Waals surface area contributed by atoms with Gasteiger partial charge in [-0.05, 0) is 29.6 Å². The van der Waals surface area contributed by atoms with Gasteiger partial charge in [0, 0.05) is 24.6 Å². The van der Waals surface area contributed by atoms with E-state index in [-0.39, 0.29) is 24.8 Å². The topological polar surface area (TPSA) is 61.9 Å². The Kier molecular flexibility index (Phi) is 5.72. The van der Waals surface area contributed by atoms with Crippen molar-refractivity contribution < 1.29 is 18.7 Å². The number of rotatable bonds is 5. The monoisotopic (exact) mass is 421 g/mol. The smallest absolute Gasteiger partial charge is 0.414 e. The fraction of sp³-hybridized carbons (Fsp3) is 0.368. The number of nitrogens with one attached hydrogen (secondary N) is 1. The van der Waals surface area contributed by atoms with Gasteiger partial charge >= 0.3 is 6.09 Å². The highest BCUT2D eigenvalue weighted by Crippen LogP contribution is 2.29. The highest BCUT2D eigenvalue weighted by Gasteiger charge is 2.33. The Balaban J connectivity index is 1.38. The van der Waals surface area contributed by atoms with Crippen molar-refractivity contribution in [3.63, 3.8) is 0 Å². The van der Waals surface area contributed by atoms with Gasteiger partial charge in [0.2, 0.25) is 0 Å².